The fourth-order valence-electron chi connectivity index (χ4n) is 3.04. The molecule has 2 aliphatic heterocycles. The predicted molar refractivity (Wildman–Crippen MR) is 84.0 cm³/mol. The molecule has 148 valence electrons. The van der Waals surface area contributed by atoms with Gasteiger partial charge < -0.3 is 9.47 Å². The summed E-state index contributed by atoms with van der Waals surface area (Å²) >= 11 is 0. The van der Waals surface area contributed by atoms with E-state index in [-0.39, 0.29) is 19.2 Å². The van der Waals surface area contributed by atoms with Gasteiger partial charge in [0.1, 0.15) is 0 Å². The summed E-state index contributed by atoms with van der Waals surface area (Å²) in [5, 5.41) is 2.82. The van der Waals surface area contributed by atoms with Crippen LogP contribution in [0.2, 0.25) is 0 Å². The van der Waals surface area contributed by atoms with Gasteiger partial charge in [0.05, 0.1) is 25.9 Å². The second-order valence-corrected chi connectivity index (χ2v) is 8.15. The first-order valence-corrected chi connectivity index (χ1v) is 9.65. The Balaban J connectivity index is 1.64. The van der Waals surface area contributed by atoms with Gasteiger partial charge >= 0.3 is 6.18 Å². The van der Waals surface area contributed by atoms with Crippen LogP contribution in [0.4, 0.5) is 13.2 Å². The quantitative estimate of drug-likeness (QED) is 0.719. The molecule has 1 atom stereocenters. The monoisotopic (exact) mass is 398 g/mol. The minimum Gasteiger partial charge on any atom is -0.376 e. The number of aryl methyl sites for hydroxylation is 1. The molecule has 2 saturated heterocycles. The number of alkyl halides is 3. The van der Waals surface area contributed by atoms with Crippen molar-refractivity contribution in [2.75, 3.05) is 52.5 Å². The lowest BCUT2D eigenvalue weighted by Crippen LogP contribution is -2.51. The number of aromatic nitrogens is 2. The summed E-state index contributed by atoms with van der Waals surface area (Å²) in [4.78, 5) is 2.07. The molecule has 2 aliphatic rings. The highest BCUT2D eigenvalue weighted by atomic mass is 32.2. The third kappa shape index (κ3) is 4.19. The van der Waals surface area contributed by atoms with Gasteiger partial charge in [0.25, 0.3) is 10.0 Å². The Morgan fingerprint density at radius 3 is 2.46 bits per heavy atom. The number of rotatable bonds is 4. The smallest absolute Gasteiger partial charge is 0.376 e. The van der Waals surface area contributed by atoms with Gasteiger partial charge in [-0.3, -0.25) is 9.58 Å². The van der Waals surface area contributed by atoms with E-state index in [0.717, 1.165) is 4.68 Å². The second kappa shape index (κ2) is 7.43. The maximum Gasteiger partial charge on any atom is 0.435 e. The summed E-state index contributed by atoms with van der Waals surface area (Å²) in [5.41, 5.74) is -1.22. The zero-order valence-corrected chi connectivity index (χ0v) is 15.1. The summed E-state index contributed by atoms with van der Waals surface area (Å²) in [6.07, 6.45) is -4.73. The highest BCUT2D eigenvalue weighted by Crippen LogP contribution is 2.30. The van der Waals surface area contributed by atoms with Crippen LogP contribution in [0.5, 0.6) is 0 Å². The summed E-state index contributed by atoms with van der Waals surface area (Å²) in [7, 11) is -2.84. The molecular formula is C14H21F3N4O4S. The topological polar surface area (TPSA) is 76.9 Å². The van der Waals surface area contributed by atoms with Crippen LogP contribution in [0.15, 0.2) is 11.1 Å². The molecule has 0 spiro atoms. The molecule has 0 saturated carbocycles. The zero-order valence-electron chi connectivity index (χ0n) is 14.3. The molecule has 1 aromatic rings. The van der Waals surface area contributed by atoms with E-state index in [4.69, 9.17) is 9.47 Å². The summed E-state index contributed by atoms with van der Waals surface area (Å²) in [6, 6.07) is 0.578. The SMILES string of the molecule is Cn1nc(C(F)(F)F)cc1S(=O)(=O)N1CCN(CC2COCCO2)CC1. The Morgan fingerprint density at radius 1 is 1.23 bits per heavy atom. The minimum atomic E-state index is -4.69. The van der Waals surface area contributed by atoms with Crippen molar-refractivity contribution in [1.29, 1.82) is 0 Å². The van der Waals surface area contributed by atoms with Crippen LogP contribution in [-0.4, -0.2) is 86.1 Å². The zero-order chi connectivity index (χ0) is 18.9. The van der Waals surface area contributed by atoms with Gasteiger partial charge in [-0.2, -0.15) is 22.6 Å². The van der Waals surface area contributed by atoms with Gasteiger partial charge in [0.15, 0.2) is 10.7 Å². The second-order valence-electron chi connectivity index (χ2n) is 6.26. The van der Waals surface area contributed by atoms with Gasteiger partial charge in [-0.25, -0.2) is 8.42 Å². The molecule has 8 nitrogen and oxygen atoms in total. The Labute approximate surface area is 149 Å². The van der Waals surface area contributed by atoms with Crippen molar-refractivity contribution in [1.82, 2.24) is 19.0 Å². The number of hydrogen-bond donors (Lipinski definition) is 0. The van der Waals surface area contributed by atoms with Crippen molar-refractivity contribution in [2.45, 2.75) is 17.3 Å². The molecule has 3 heterocycles. The van der Waals surface area contributed by atoms with E-state index in [1.807, 2.05) is 0 Å². The molecule has 3 rings (SSSR count). The number of piperazine rings is 1. The van der Waals surface area contributed by atoms with Crippen LogP contribution in [-0.2, 0) is 32.7 Å². The predicted octanol–water partition coefficient (Wildman–Crippen LogP) is 0.161. The number of hydrogen-bond acceptors (Lipinski definition) is 6. The van der Waals surface area contributed by atoms with Crippen LogP contribution in [0.25, 0.3) is 0 Å². The van der Waals surface area contributed by atoms with E-state index in [2.05, 4.69) is 10.00 Å². The van der Waals surface area contributed by atoms with Gasteiger partial charge in [0, 0.05) is 45.8 Å². The van der Waals surface area contributed by atoms with Gasteiger partial charge in [0.2, 0.25) is 0 Å². The first-order chi connectivity index (χ1) is 12.2. The number of halogens is 3. The molecule has 26 heavy (non-hydrogen) atoms. The minimum absolute atomic E-state index is 0.0432. The van der Waals surface area contributed by atoms with E-state index >= 15 is 0 Å². The van der Waals surface area contributed by atoms with Crippen LogP contribution in [0, 0.1) is 0 Å². The summed E-state index contributed by atoms with van der Waals surface area (Å²) in [5.74, 6) is 0. The van der Waals surface area contributed by atoms with Gasteiger partial charge in [-0.15, -0.1) is 0 Å². The van der Waals surface area contributed by atoms with Crippen LogP contribution >= 0.6 is 0 Å². The molecule has 0 N–H and O–H groups in total. The normalized spacial score (nSPS) is 24.1. The first-order valence-electron chi connectivity index (χ1n) is 8.21. The van der Waals surface area contributed by atoms with E-state index in [1.165, 1.54) is 11.4 Å². The Hall–Kier alpha value is -1.21. The van der Waals surface area contributed by atoms with Crippen molar-refractivity contribution >= 4 is 10.0 Å². The van der Waals surface area contributed by atoms with Crippen molar-refractivity contribution in [3.63, 3.8) is 0 Å². The molecule has 0 aliphatic carbocycles. The summed E-state index contributed by atoms with van der Waals surface area (Å²) in [6.45, 7) is 3.61. The van der Waals surface area contributed by atoms with E-state index in [0.29, 0.717) is 45.5 Å². The molecule has 1 aromatic heterocycles. The molecule has 0 amide bonds. The molecule has 1 unspecified atom stereocenters. The van der Waals surface area contributed by atoms with Crippen molar-refractivity contribution in [3.05, 3.63) is 11.8 Å². The summed E-state index contributed by atoms with van der Waals surface area (Å²) < 4.78 is 76.5. The van der Waals surface area contributed by atoms with Crippen molar-refractivity contribution < 1.29 is 31.1 Å². The van der Waals surface area contributed by atoms with E-state index < -0.39 is 26.9 Å². The lowest BCUT2D eigenvalue weighted by atomic mass is 10.3. The maximum atomic E-state index is 12.8. The van der Waals surface area contributed by atoms with Crippen molar-refractivity contribution in [3.8, 4) is 0 Å². The average molecular weight is 398 g/mol. The first kappa shape index (κ1) is 19.5. The third-order valence-corrected chi connectivity index (χ3v) is 6.37. The van der Waals surface area contributed by atoms with Gasteiger partial charge in [-0.05, 0) is 0 Å². The highest BCUT2D eigenvalue weighted by molar-refractivity contribution is 7.89. The van der Waals surface area contributed by atoms with E-state index in [1.54, 1.807) is 0 Å². The van der Waals surface area contributed by atoms with Crippen molar-refractivity contribution in [2.24, 2.45) is 7.05 Å². The molecule has 0 bridgehead atoms. The Morgan fingerprint density at radius 2 is 1.92 bits per heavy atom. The molecular weight excluding hydrogens is 377 g/mol. The molecule has 12 heteroatoms. The van der Waals surface area contributed by atoms with Crippen LogP contribution in [0.3, 0.4) is 0 Å². The maximum absolute atomic E-state index is 12.8. The largest absolute Gasteiger partial charge is 0.435 e. The lowest BCUT2D eigenvalue weighted by molar-refractivity contribution is -0.141. The molecule has 2 fully saturated rings. The lowest BCUT2D eigenvalue weighted by Gasteiger charge is -2.36. The van der Waals surface area contributed by atoms with Crippen LogP contribution in [0.1, 0.15) is 5.69 Å². The fraction of sp³-hybridized carbons (Fsp3) is 0.786. The standard InChI is InChI=1S/C14H21F3N4O4S/c1-19-13(8-12(18-19)14(15,16)17)26(22,23)21-4-2-20(3-5-21)9-11-10-24-6-7-25-11/h8,11H,2-7,9-10H2,1H3. The van der Waals surface area contributed by atoms with Crippen LogP contribution < -0.4 is 0 Å². The number of ether oxygens (including phenoxy) is 2. The number of nitrogens with zero attached hydrogens (tertiary/aromatic N) is 4. The fourth-order valence-corrected chi connectivity index (χ4v) is 4.59. The highest BCUT2D eigenvalue weighted by Gasteiger charge is 2.38. The average Bonchev–Trinajstić information content (AvgIpc) is 2.99. The Kier molecular flexibility index (Phi) is 5.58. The molecule has 0 aromatic carbocycles. The van der Waals surface area contributed by atoms with E-state index in [9.17, 15) is 21.6 Å². The van der Waals surface area contributed by atoms with Gasteiger partial charge in [-0.1, -0.05) is 0 Å². The third-order valence-electron chi connectivity index (χ3n) is 4.41. The molecule has 0 radical (unpaired) electrons. The Bertz CT molecular complexity index is 723. The number of sulfonamides is 1.